The Hall–Kier alpha value is -1.57. The molecule has 0 aromatic heterocycles. The molecule has 1 N–H and O–H groups in total. The first-order chi connectivity index (χ1) is 7.99. The molecule has 92 valence electrons. The van der Waals surface area contributed by atoms with Crippen molar-refractivity contribution in [3.05, 3.63) is 46.6 Å². The van der Waals surface area contributed by atoms with Crippen LogP contribution in [0.2, 0.25) is 0 Å². The van der Waals surface area contributed by atoms with Gasteiger partial charge in [0, 0.05) is 0 Å². The van der Waals surface area contributed by atoms with Crippen LogP contribution in [-0.4, -0.2) is 11.1 Å². The molecule has 1 aliphatic carbocycles. The van der Waals surface area contributed by atoms with E-state index in [1.54, 1.807) is 0 Å². The van der Waals surface area contributed by atoms with Gasteiger partial charge in [-0.15, -0.1) is 0 Å². The lowest BCUT2D eigenvalue weighted by atomic mass is 9.93. The summed E-state index contributed by atoms with van der Waals surface area (Å²) in [5.74, 6) is -0.764. The van der Waals surface area contributed by atoms with Gasteiger partial charge in [0.05, 0.1) is 6.42 Å². The number of allylic oxidation sites excluding steroid dienone is 7. The van der Waals surface area contributed by atoms with E-state index in [2.05, 4.69) is 32.9 Å². The van der Waals surface area contributed by atoms with E-state index in [-0.39, 0.29) is 6.42 Å². The highest BCUT2D eigenvalue weighted by molar-refractivity contribution is 5.71. The molecule has 0 radical (unpaired) electrons. The van der Waals surface area contributed by atoms with Gasteiger partial charge in [0.2, 0.25) is 0 Å². The SMILES string of the molecule is CC(C)=C/C=C(\C)C1=CC(CC(=O)O)=CCC1. The molecule has 1 rings (SSSR count). The third kappa shape index (κ3) is 4.85. The average Bonchev–Trinajstić information content (AvgIpc) is 2.25. The third-order valence-corrected chi connectivity index (χ3v) is 2.71. The fraction of sp³-hybridized carbons (Fsp3) is 0.400. The molecule has 0 saturated heterocycles. The molecule has 0 aromatic carbocycles. The first-order valence-electron chi connectivity index (χ1n) is 5.92. The highest BCUT2D eigenvalue weighted by atomic mass is 16.4. The van der Waals surface area contributed by atoms with Crippen LogP contribution in [0.5, 0.6) is 0 Å². The fourth-order valence-electron chi connectivity index (χ4n) is 1.78. The van der Waals surface area contributed by atoms with Gasteiger partial charge in [-0.3, -0.25) is 4.79 Å². The first-order valence-corrected chi connectivity index (χ1v) is 5.92. The van der Waals surface area contributed by atoms with Crippen LogP contribution in [0.15, 0.2) is 46.6 Å². The summed E-state index contributed by atoms with van der Waals surface area (Å²) in [6.45, 7) is 6.21. The maximum atomic E-state index is 10.7. The second-order valence-corrected chi connectivity index (χ2v) is 4.65. The van der Waals surface area contributed by atoms with E-state index in [9.17, 15) is 4.79 Å². The van der Waals surface area contributed by atoms with Crippen LogP contribution in [0.25, 0.3) is 0 Å². The Balaban J connectivity index is 2.81. The minimum Gasteiger partial charge on any atom is -0.481 e. The molecule has 0 aliphatic heterocycles. The van der Waals surface area contributed by atoms with Crippen molar-refractivity contribution < 1.29 is 9.90 Å². The van der Waals surface area contributed by atoms with Crippen LogP contribution < -0.4 is 0 Å². The van der Waals surface area contributed by atoms with E-state index in [1.165, 1.54) is 16.7 Å². The Bertz CT molecular complexity index is 416. The summed E-state index contributed by atoms with van der Waals surface area (Å²) in [5.41, 5.74) is 4.66. The zero-order chi connectivity index (χ0) is 12.8. The number of carbonyl (C=O) groups is 1. The predicted molar refractivity (Wildman–Crippen MR) is 70.8 cm³/mol. The topological polar surface area (TPSA) is 37.3 Å². The second kappa shape index (κ2) is 6.24. The van der Waals surface area contributed by atoms with Crippen molar-refractivity contribution in [3.8, 4) is 0 Å². The highest BCUT2D eigenvalue weighted by Gasteiger charge is 2.09. The largest absolute Gasteiger partial charge is 0.481 e. The molecule has 0 spiro atoms. The predicted octanol–water partition coefficient (Wildman–Crippen LogP) is 4.02. The van der Waals surface area contributed by atoms with Crippen molar-refractivity contribution >= 4 is 5.97 Å². The van der Waals surface area contributed by atoms with Crippen LogP contribution in [0.4, 0.5) is 0 Å². The Labute approximate surface area is 103 Å². The van der Waals surface area contributed by atoms with Crippen LogP contribution in [0.1, 0.15) is 40.0 Å². The highest BCUT2D eigenvalue weighted by Crippen LogP contribution is 2.25. The van der Waals surface area contributed by atoms with Crippen LogP contribution in [0.3, 0.4) is 0 Å². The van der Waals surface area contributed by atoms with E-state index in [0.717, 1.165) is 18.4 Å². The lowest BCUT2D eigenvalue weighted by Gasteiger charge is -2.13. The van der Waals surface area contributed by atoms with Gasteiger partial charge in [0.25, 0.3) is 0 Å². The summed E-state index contributed by atoms with van der Waals surface area (Å²) in [4.78, 5) is 10.7. The number of rotatable bonds is 4. The Morgan fingerprint density at radius 2 is 2.06 bits per heavy atom. The van der Waals surface area contributed by atoms with Crippen LogP contribution in [0, 0.1) is 0 Å². The molecule has 0 unspecified atom stereocenters. The zero-order valence-corrected chi connectivity index (χ0v) is 10.8. The Kier molecular flexibility index (Phi) is 4.95. The zero-order valence-electron chi connectivity index (χ0n) is 10.8. The second-order valence-electron chi connectivity index (χ2n) is 4.65. The summed E-state index contributed by atoms with van der Waals surface area (Å²) >= 11 is 0. The van der Waals surface area contributed by atoms with Gasteiger partial charge in [0.15, 0.2) is 0 Å². The van der Waals surface area contributed by atoms with E-state index in [1.807, 2.05) is 12.2 Å². The number of aliphatic carboxylic acids is 1. The lowest BCUT2D eigenvalue weighted by molar-refractivity contribution is -0.136. The third-order valence-electron chi connectivity index (χ3n) is 2.71. The van der Waals surface area contributed by atoms with E-state index >= 15 is 0 Å². The summed E-state index contributed by atoms with van der Waals surface area (Å²) in [7, 11) is 0. The number of hydrogen-bond acceptors (Lipinski definition) is 1. The van der Waals surface area contributed by atoms with E-state index < -0.39 is 5.97 Å². The molecule has 0 saturated carbocycles. The van der Waals surface area contributed by atoms with Gasteiger partial charge in [-0.1, -0.05) is 29.9 Å². The number of hydrogen-bond donors (Lipinski definition) is 1. The Morgan fingerprint density at radius 3 is 2.65 bits per heavy atom. The summed E-state index contributed by atoms with van der Waals surface area (Å²) in [6.07, 6.45) is 10.3. The minimum atomic E-state index is -0.764. The molecule has 0 bridgehead atoms. The van der Waals surface area contributed by atoms with Crippen molar-refractivity contribution in [3.63, 3.8) is 0 Å². The van der Waals surface area contributed by atoms with Gasteiger partial charge in [-0.2, -0.15) is 0 Å². The Morgan fingerprint density at radius 1 is 1.35 bits per heavy atom. The average molecular weight is 232 g/mol. The fourth-order valence-corrected chi connectivity index (χ4v) is 1.78. The van der Waals surface area contributed by atoms with Crippen LogP contribution >= 0.6 is 0 Å². The molecule has 0 atom stereocenters. The van der Waals surface area contributed by atoms with E-state index in [0.29, 0.717) is 0 Å². The maximum Gasteiger partial charge on any atom is 0.307 e. The van der Waals surface area contributed by atoms with Crippen LogP contribution in [-0.2, 0) is 4.79 Å². The van der Waals surface area contributed by atoms with Gasteiger partial charge < -0.3 is 5.11 Å². The van der Waals surface area contributed by atoms with Crippen molar-refractivity contribution in [1.82, 2.24) is 0 Å². The van der Waals surface area contributed by atoms with Gasteiger partial charge in [-0.05, 0) is 50.3 Å². The smallest absolute Gasteiger partial charge is 0.307 e. The quantitative estimate of drug-likeness (QED) is 0.743. The maximum absolute atomic E-state index is 10.7. The van der Waals surface area contributed by atoms with Crippen molar-refractivity contribution in [2.45, 2.75) is 40.0 Å². The summed E-state index contributed by atoms with van der Waals surface area (Å²) < 4.78 is 0. The number of carboxylic acids is 1. The monoisotopic (exact) mass is 232 g/mol. The standard InChI is InChI=1S/C15H20O2/c1-11(2)7-8-12(3)14-6-4-5-13(9-14)10-15(16)17/h5,7-9H,4,6,10H2,1-3H3,(H,16,17)/b12-8+. The molecule has 0 amide bonds. The summed E-state index contributed by atoms with van der Waals surface area (Å²) in [5, 5.41) is 8.77. The molecule has 17 heavy (non-hydrogen) atoms. The van der Waals surface area contributed by atoms with Crippen molar-refractivity contribution in [1.29, 1.82) is 0 Å². The van der Waals surface area contributed by atoms with E-state index in [4.69, 9.17) is 5.11 Å². The molecule has 2 nitrogen and oxygen atoms in total. The molecule has 0 heterocycles. The first kappa shape index (κ1) is 13.5. The van der Waals surface area contributed by atoms with Gasteiger partial charge in [-0.25, -0.2) is 0 Å². The molecule has 1 aliphatic rings. The lowest BCUT2D eigenvalue weighted by Crippen LogP contribution is -2.00. The van der Waals surface area contributed by atoms with Gasteiger partial charge in [0.1, 0.15) is 0 Å². The molecule has 0 aromatic rings. The van der Waals surface area contributed by atoms with Crippen molar-refractivity contribution in [2.75, 3.05) is 0 Å². The normalized spacial score (nSPS) is 16.1. The van der Waals surface area contributed by atoms with Gasteiger partial charge >= 0.3 is 5.97 Å². The molecular weight excluding hydrogens is 212 g/mol. The summed E-state index contributed by atoms with van der Waals surface area (Å²) in [6, 6.07) is 0. The number of carboxylic acid groups (broad SMARTS) is 1. The van der Waals surface area contributed by atoms with Crippen molar-refractivity contribution in [2.24, 2.45) is 0 Å². The minimum absolute atomic E-state index is 0.124. The molecule has 0 fully saturated rings. The molecule has 2 heteroatoms. The molecular formula is C15H20O2.